The molecule has 1 amide bonds. The van der Waals surface area contributed by atoms with Gasteiger partial charge in [0.25, 0.3) is 0 Å². The van der Waals surface area contributed by atoms with Gasteiger partial charge in [0.2, 0.25) is 5.91 Å². The summed E-state index contributed by atoms with van der Waals surface area (Å²) < 4.78 is 13.1. The third-order valence-electron chi connectivity index (χ3n) is 4.92. The number of anilines is 1. The molecule has 0 atom stereocenters. The van der Waals surface area contributed by atoms with Gasteiger partial charge in [0, 0.05) is 63.3 Å². The zero-order chi connectivity index (χ0) is 20.5. The molecular weight excluding hydrogens is 516 g/mol. The number of rotatable bonds is 7. The minimum absolute atomic E-state index is 0. The lowest BCUT2D eigenvalue weighted by Crippen LogP contribution is -2.49. The number of hydrogen-bond acceptors (Lipinski definition) is 4. The number of benzene rings is 1. The largest absolute Gasteiger partial charge is 0.368 e. The number of amides is 1. The second kappa shape index (κ2) is 12.7. The van der Waals surface area contributed by atoms with Gasteiger partial charge in [-0.15, -0.1) is 35.3 Å². The van der Waals surface area contributed by atoms with Crippen molar-refractivity contribution in [2.45, 2.75) is 12.8 Å². The van der Waals surface area contributed by atoms with Gasteiger partial charge >= 0.3 is 0 Å². The second-order valence-electron chi connectivity index (χ2n) is 6.85. The Morgan fingerprint density at radius 2 is 1.80 bits per heavy atom. The molecule has 2 aromatic rings. The fourth-order valence-corrected chi connectivity index (χ4v) is 4.00. The highest BCUT2D eigenvalue weighted by Gasteiger charge is 2.21. The number of nitrogens with one attached hydrogen (secondary N) is 2. The Bertz CT molecular complexity index is 792. The minimum atomic E-state index is -0.230. The molecule has 9 heteroatoms. The summed E-state index contributed by atoms with van der Waals surface area (Å²) >= 11 is 1.75. The van der Waals surface area contributed by atoms with Crippen molar-refractivity contribution >= 4 is 52.9 Å². The number of hydrogen-bond donors (Lipinski definition) is 2. The highest BCUT2D eigenvalue weighted by Crippen LogP contribution is 2.17. The second-order valence-corrected chi connectivity index (χ2v) is 7.88. The van der Waals surface area contributed by atoms with E-state index in [0.29, 0.717) is 26.1 Å². The van der Waals surface area contributed by atoms with Crippen LogP contribution in [0.15, 0.2) is 46.8 Å². The quantitative estimate of drug-likeness (QED) is 0.319. The fraction of sp³-hybridized carbons (Fsp3) is 0.429. The van der Waals surface area contributed by atoms with Gasteiger partial charge in [-0.05, 0) is 42.1 Å². The molecule has 164 valence electrons. The maximum atomic E-state index is 13.1. The van der Waals surface area contributed by atoms with E-state index in [1.54, 1.807) is 30.5 Å². The Morgan fingerprint density at radius 3 is 2.43 bits per heavy atom. The van der Waals surface area contributed by atoms with Gasteiger partial charge in [-0.25, -0.2) is 4.39 Å². The number of piperazine rings is 1. The SMILES string of the molecule is CN=C(NCCC(=O)N1CCN(c2ccc(F)cc2)CC1)NCCc1cccs1.I. The van der Waals surface area contributed by atoms with E-state index in [0.717, 1.165) is 37.7 Å². The molecule has 0 aliphatic carbocycles. The first-order valence-electron chi connectivity index (χ1n) is 9.91. The maximum Gasteiger partial charge on any atom is 0.224 e. The van der Waals surface area contributed by atoms with E-state index in [9.17, 15) is 9.18 Å². The van der Waals surface area contributed by atoms with E-state index >= 15 is 0 Å². The van der Waals surface area contributed by atoms with E-state index in [1.807, 2.05) is 4.90 Å². The molecule has 1 aliphatic heterocycles. The summed E-state index contributed by atoms with van der Waals surface area (Å²) in [6.07, 6.45) is 1.39. The first-order valence-corrected chi connectivity index (χ1v) is 10.8. The Hall–Kier alpha value is -1.88. The third kappa shape index (κ3) is 7.42. The first kappa shape index (κ1) is 24.4. The molecule has 1 aromatic carbocycles. The molecular formula is C21H29FIN5OS. The van der Waals surface area contributed by atoms with Crippen molar-refractivity contribution in [1.82, 2.24) is 15.5 Å². The minimum Gasteiger partial charge on any atom is -0.368 e. The molecule has 6 nitrogen and oxygen atoms in total. The van der Waals surface area contributed by atoms with E-state index in [1.165, 1.54) is 17.0 Å². The van der Waals surface area contributed by atoms with Gasteiger partial charge in [0.15, 0.2) is 5.96 Å². The Morgan fingerprint density at radius 1 is 1.10 bits per heavy atom. The summed E-state index contributed by atoms with van der Waals surface area (Å²) in [5.74, 6) is 0.631. The number of aliphatic imine (C=N–C) groups is 1. The van der Waals surface area contributed by atoms with Crippen molar-refractivity contribution in [1.29, 1.82) is 0 Å². The van der Waals surface area contributed by atoms with Crippen LogP contribution in [-0.2, 0) is 11.2 Å². The smallest absolute Gasteiger partial charge is 0.224 e. The molecule has 3 rings (SSSR count). The average Bonchev–Trinajstić information content (AvgIpc) is 3.27. The van der Waals surface area contributed by atoms with Crippen LogP contribution in [0.25, 0.3) is 0 Å². The van der Waals surface area contributed by atoms with Crippen molar-refractivity contribution in [3.8, 4) is 0 Å². The van der Waals surface area contributed by atoms with Gasteiger partial charge in [-0.1, -0.05) is 6.07 Å². The lowest BCUT2D eigenvalue weighted by atomic mass is 10.2. The maximum absolute atomic E-state index is 13.1. The van der Waals surface area contributed by atoms with Crippen LogP contribution in [0, 0.1) is 5.82 Å². The van der Waals surface area contributed by atoms with Crippen LogP contribution < -0.4 is 15.5 Å². The van der Waals surface area contributed by atoms with Crippen molar-refractivity contribution < 1.29 is 9.18 Å². The molecule has 30 heavy (non-hydrogen) atoms. The lowest BCUT2D eigenvalue weighted by molar-refractivity contribution is -0.131. The molecule has 2 heterocycles. The summed E-state index contributed by atoms with van der Waals surface area (Å²) in [7, 11) is 1.73. The fourth-order valence-electron chi connectivity index (χ4n) is 3.29. The van der Waals surface area contributed by atoms with Gasteiger partial charge in [-0.2, -0.15) is 0 Å². The van der Waals surface area contributed by atoms with Gasteiger partial charge in [0.1, 0.15) is 5.82 Å². The van der Waals surface area contributed by atoms with Crippen LogP contribution in [0.3, 0.4) is 0 Å². The predicted molar refractivity (Wildman–Crippen MR) is 133 cm³/mol. The normalized spacial score (nSPS) is 14.3. The number of nitrogens with zero attached hydrogens (tertiary/aromatic N) is 3. The lowest BCUT2D eigenvalue weighted by Gasteiger charge is -2.36. The number of guanidine groups is 1. The van der Waals surface area contributed by atoms with E-state index in [-0.39, 0.29) is 35.7 Å². The molecule has 0 saturated carbocycles. The van der Waals surface area contributed by atoms with Crippen LogP contribution in [0.2, 0.25) is 0 Å². The van der Waals surface area contributed by atoms with Crippen LogP contribution in [0.5, 0.6) is 0 Å². The van der Waals surface area contributed by atoms with Crippen LogP contribution in [0.4, 0.5) is 10.1 Å². The molecule has 0 spiro atoms. The van der Waals surface area contributed by atoms with Crippen molar-refractivity contribution in [3.05, 3.63) is 52.5 Å². The number of thiophene rings is 1. The highest BCUT2D eigenvalue weighted by atomic mass is 127. The van der Waals surface area contributed by atoms with Gasteiger partial charge in [0.05, 0.1) is 0 Å². The van der Waals surface area contributed by atoms with Gasteiger partial charge in [-0.3, -0.25) is 9.79 Å². The molecule has 0 bridgehead atoms. The summed E-state index contributed by atoms with van der Waals surface area (Å²) in [4.78, 5) is 22.1. The molecule has 1 aromatic heterocycles. The highest BCUT2D eigenvalue weighted by molar-refractivity contribution is 14.0. The summed E-state index contributed by atoms with van der Waals surface area (Å²) in [5.41, 5.74) is 0.998. The summed E-state index contributed by atoms with van der Waals surface area (Å²) in [6.45, 7) is 4.25. The predicted octanol–water partition coefficient (Wildman–Crippen LogP) is 2.95. The zero-order valence-electron chi connectivity index (χ0n) is 17.1. The first-order chi connectivity index (χ1) is 14.2. The average molecular weight is 545 g/mol. The Labute approximate surface area is 198 Å². The molecule has 0 radical (unpaired) electrons. The summed E-state index contributed by atoms with van der Waals surface area (Å²) in [5, 5.41) is 8.56. The van der Waals surface area contributed by atoms with Crippen molar-refractivity contribution in [2.75, 3.05) is 51.2 Å². The standard InChI is InChI=1S/C21H28FN5OS.HI/c1-23-21(24-10-8-19-3-2-16-29-19)25-11-9-20(28)27-14-12-26(13-15-27)18-6-4-17(22)5-7-18;/h2-7,16H,8-15H2,1H3,(H2,23,24,25);1H. The van der Waals surface area contributed by atoms with Crippen LogP contribution >= 0.6 is 35.3 Å². The third-order valence-corrected chi connectivity index (χ3v) is 5.86. The van der Waals surface area contributed by atoms with Gasteiger partial charge < -0.3 is 20.4 Å². The van der Waals surface area contributed by atoms with Crippen LogP contribution in [0.1, 0.15) is 11.3 Å². The number of halogens is 2. The molecule has 0 unspecified atom stereocenters. The van der Waals surface area contributed by atoms with E-state index < -0.39 is 0 Å². The monoisotopic (exact) mass is 545 g/mol. The number of carbonyl (C=O) groups is 1. The van der Waals surface area contributed by atoms with Crippen molar-refractivity contribution in [3.63, 3.8) is 0 Å². The zero-order valence-corrected chi connectivity index (χ0v) is 20.3. The Balaban J connectivity index is 0.00000320. The van der Waals surface area contributed by atoms with E-state index in [4.69, 9.17) is 0 Å². The molecule has 1 aliphatic rings. The Kier molecular flexibility index (Phi) is 10.4. The topological polar surface area (TPSA) is 60.0 Å². The molecule has 1 fully saturated rings. The molecule has 1 saturated heterocycles. The summed E-state index contributed by atoms with van der Waals surface area (Å²) in [6, 6.07) is 10.7. The number of carbonyl (C=O) groups excluding carboxylic acids is 1. The molecule has 2 N–H and O–H groups in total. The van der Waals surface area contributed by atoms with Crippen LogP contribution in [-0.4, -0.2) is 63.1 Å². The van der Waals surface area contributed by atoms with Crippen molar-refractivity contribution in [2.24, 2.45) is 4.99 Å². The van der Waals surface area contributed by atoms with E-state index in [2.05, 4.69) is 38.0 Å².